The third-order valence-corrected chi connectivity index (χ3v) is 3.58. The molecule has 0 aliphatic heterocycles. The molecule has 2 aromatic rings. The van der Waals surface area contributed by atoms with Gasteiger partial charge in [0.15, 0.2) is 6.10 Å². The van der Waals surface area contributed by atoms with Gasteiger partial charge in [0.05, 0.1) is 6.61 Å². The van der Waals surface area contributed by atoms with Crippen LogP contribution in [0.25, 0.3) is 0 Å². The fraction of sp³-hybridized carbons (Fsp3) is 0.316. The standard InChI is InChI=1S/C19H22O5/c1-2-23-18(19(21)22)13-15-5-9-17(10-6-15)24-12-11-14-3-7-16(20)8-4-14/h3-10,18,20H,2,11-13H2,1H3,(H,21,22). The van der Waals surface area contributed by atoms with Crippen LogP contribution in [0.4, 0.5) is 0 Å². The first-order valence-electron chi connectivity index (χ1n) is 7.92. The smallest absolute Gasteiger partial charge is 0.333 e. The third kappa shape index (κ3) is 5.59. The first kappa shape index (κ1) is 17.8. The lowest BCUT2D eigenvalue weighted by Gasteiger charge is -2.13. The van der Waals surface area contributed by atoms with Crippen LogP contribution in [0.15, 0.2) is 48.5 Å². The first-order chi connectivity index (χ1) is 11.6. The molecule has 5 nitrogen and oxygen atoms in total. The van der Waals surface area contributed by atoms with E-state index in [4.69, 9.17) is 14.6 Å². The number of carbonyl (C=O) groups is 1. The van der Waals surface area contributed by atoms with E-state index in [9.17, 15) is 9.90 Å². The number of benzene rings is 2. The number of aromatic hydroxyl groups is 1. The van der Waals surface area contributed by atoms with E-state index in [1.807, 2.05) is 36.4 Å². The quantitative estimate of drug-likeness (QED) is 0.739. The fourth-order valence-electron chi connectivity index (χ4n) is 2.30. The average molecular weight is 330 g/mol. The van der Waals surface area contributed by atoms with Gasteiger partial charge in [-0.3, -0.25) is 0 Å². The molecule has 0 aliphatic carbocycles. The van der Waals surface area contributed by atoms with Crippen LogP contribution in [0.3, 0.4) is 0 Å². The van der Waals surface area contributed by atoms with Crippen LogP contribution in [-0.4, -0.2) is 35.5 Å². The summed E-state index contributed by atoms with van der Waals surface area (Å²) in [6.45, 7) is 2.68. The molecule has 0 radical (unpaired) electrons. The van der Waals surface area contributed by atoms with E-state index in [0.717, 1.165) is 23.3 Å². The second kappa shape index (κ2) is 8.93. The largest absolute Gasteiger partial charge is 0.508 e. The van der Waals surface area contributed by atoms with Crippen LogP contribution >= 0.6 is 0 Å². The molecule has 24 heavy (non-hydrogen) atoms. The Kier molecular flexibility index (Phi) is 6.63. The summed E-state index contributed by atoms with van der Waals surface area (Å²) >= 11 is 0. The molecule has 0 aromatic heterocycles. The summed E-state index contributed by atoms with van der Waals surface area (Å²) in [7, 11) is 0. The van der Waals surface area contributed by atoms with Crippen molar-refractivity contribution in [2.75, 3.05) is 13.2 Å². The third-order valence-electron chi connectivity index (χ3n) is 3.58. The van der Waals surface area contributed by atoms with Gasteiger partial charge in [-0.25, -0.2) is 4.79 Å². The molecule has 0 bridgehead atoms. The SMILES string of the molecule is CCOC(Cc1ccc(OCCc2ccc(O)cc2)cc1)C(=O)O. The molecule has 0 heterocycles. The molecule has 5 heteroatoms. The van der Waals surface area contributed by atoms with Crippen molar-refractivity contribution in [1.29, 1.82) is 0 Å². The van der Waals surface area contributed by atoms with Crippen LogP contribution < -0.4 is 4.74 Å². The highest BCUT2D eigenvalue weighted by molar-refractivity contribution is 5.72. The highest BCUT2D eigenvalue weighted by Crippen LogP contribution is 2.16. The molecule has 2 aromatic carbocycles. The molecule has 0 aliphatic rings. The summed E-state index contributed by atoms with van der Waals surface area (Å²) in [6.07, 6.45) is 0.251. The molecule has 2 rings (SSSR count). The monoisotopic (exact) mass is 330 g/mol. The Morgan fingerprint density at radius 3 is 2.25 bits per heavy atom. The Morgan fingerprint density at radius 1 is 1.04 bits per heavy atom. The molecular weight excluding hydrogens is 308 g/mol. The van der Waals surface area contributed by atoms with Gasteiger partial charge in [0.1, 0.15) is 11.5 Å². The lowest BCUT2D eigenvalue weighted by Crippen LogP contribution is -2.26. The number of carboxylic acid groups (broad SMARTS) is 1. The van der Waals surface area contributed by atoms with Crippen molar-refractivity contribution in [3.05, 3.63) is 59.7 Å². The Hall–Kier alpha value is -2.53. The van der Waals surface area contributed by atoms with Gasteiger partial charge in [0.2, 0.25) is 0 Å². The van der Waals surface area contributed by atoms with Gasteiger partial charge in [-0.15, -0.1) is 0 Å². The van der Waals surface area contributed by atoms with Crippen LogP contribution in [-0.2, 0) is 22.4 Å². The van der Waals surface area contributed by atoms with Crippen LogP contribution in [0.1, 0.15) is 18.1 Å². The number of ether oxygens (including phenoxy) is 2. The van der Waals surface area contributed by atoms with E-state index >= 15 is 0 Å². The van der Waals surface area contributed by atoms with Gasteiger partial charge >= 0.3 is 5.97 Å². The van der Waals surface area contributed by atoms with Crippen molar-refractivity contribution in [3.8, 4) is 11.5 Å². The number of aliphatic carboxylic acids is 1. The van der Waals surface area contributed by atoms with Crippen molar-refractivity contribution in [2.45, 2.75) is 25.9 Å². The molecule has 1 unspecified atom stereocenters. The normalized spacial score (nSPS) is 11.9. The van der Waals surface area contributed by atoms with Gasteiger partial charge < -0.3 is 19.7 Å². The Bertz CT molecular complexity index is 634. The zero-order chi connectivity index (χ0) is 17.4. The van der Waals surface area contributed by atoms with E-state index in [1.54, 1.807) is 19.1 Å². The minimum atomic E-state index is -0.953. The molecule has 0 amide bonds. The minimum Gasteiger partial charge on any atom is -0.508 e. The van der Waals surface area contributed by atoms with Gasteiger partial charge in [-0.1, -0.05) is 24.3 Å². The highest BCUT2D eigenvalue weighted by Gasteiger charge is 2.17. The van der Waals surface area contributed by atoms with Gasteiger partial charge in [-0.2, -0.15) is 0 Å². The second-order valence-corrected chi connectivity index (χ2v) is 5.40. The number of phenolic OH excluding ortho intramolecular Hbond substituents is 1. The Balaban J connectivity index is 1.83. The maximum absolute atomic E-state index is 11.1. The fourth-order valence-corrected chi connectivity index (χ4v) is 2.30. The predicted octanol–water partition coefficient (Wildman–Crippen LogP) is 3.05. The maximum atomic E-state index is 11.1. The van der Waals surface area contributed by atoms with Crippen molar-refractivity contribution < 1.29 is 24.5 Å². The van der Waals surface area contributed by atoms with E-state index in [-0.39, 0.29) is 5.75 Å². The second-order valence-electron chi connectivity index (χ2n) is 5.40. The number of phenols is 1. The van der Waals surface area contributed by atoms with Crippen LogP contribution in [0.2, 0.25) is 0 Å². The van der Waals surface area contributed by atoms with Crippen LogP contribution in [0.5, 0.6) is 11.5 Å². The molecule has 0 saturated heterocycles. The summed E-state index contributed by atoms with van der Waals surface area (Å²) < 4.78 is 10.9. The number of hydrogen-bond donors (Lipinski definition) is 2. The minimum absolute atomic E-state index is 0.252. The molecule has 0 saturated carbocycles. The average Bonchev–Trinajstić information content (AvgIpc) is 2.57. The van der Waals surface area contributed by atoms with Crippen molar-refractivity contribution in [3.63, 3.8) is 0 Å². The molecule has 128 valence electrons. The Morgan fingerprint density at radius 2 is 1.67 bits per heavy atom. The van der Waals surface area contributed by atoms with Crippen molar-refractivity contribution in [2.24, 2.45) is 0 Å². The summed E-state index contributed by atoms with van der Waals surface area (Å²) in [5.41, 5.74) is 1.98. The van der Waals surface area contributed by atoms with Crippen molar-refractivity contribution >= 4 is 5.97 Å². The summed E-state index contributed by atoms with van der Waals surface area (Å²) in [5.74, 6) is 0.0360. The Labute approximate surface area is 141 Å². The van der Waals surface area contributed by atoms with Gasteiger partial charge in [-0.05, 0) is 42.3 Å². The van der Waals surface area contributed by atoms with E-state index in [0.29, 0.717) is 19.6 Å². The molecule has 0 fully saturated rings. The molecule has 0 spiro atoms. The lowest BCUT2D eigenvalue weighted by molar-refractivity contribution is -0.149. The summed E-state index contributed by atoms with van der Waals surface area (Å²) in [5, 5.41) is 18.3. The number of carboxylic acids is 1. The van der Waals surface area contributed by atoms with Gasteiger partial charge in [0.25, 0.3) is 0 Å². The summed E-state index contributed by atoms with van der Waals surface area (Å²) in [4.78, 5) is 11.1. The zero-order valence-corrected chi connectivity index (χ0v) is 13.6. The molecule has 2 N–H and O–H groups in total. The maximum Gasteiger partial charge on any atom is 0.333 e. The lowest BCUT2D eigenvalue weighted by atomic mass is 10.1. The number of rotatable bonds is 9. The molecular formula is C19H22O5. The van der Waals surface area contributed by atoms with Crippen LogP contribution in [0, 0.1) is 0 Å². The first-order valence-corrected chi connectivity index (χ1v) is 7.92. The topological polar surface area (TPSA) is 76.0 Å². The molecule has 1 atom stereocenters. The number of hydrogen-bond acceptors (Lipinski definition) is 4. The van der Waals surface area contributed by atoms with E-state index < -0.39 is 12.1 Å². The predicted molar refractivity (Wildman–Crippen MR) is 90.5 cm³/mol. The zero-order valence-electron chi connectivity index (χ0n) is 13.6. The van der Waals surface area contributed by atoms with E-state index in [1.165, 1.54) is 0 Å². The van der Waals surface area contributed by atoms with Gasteiger partial charge in [0, 0.05) is 19.4 Å². The summed E-state index contributed by atoms with van der Waals surface area (Å²) in [6, 6.07) is 14.4. The van der Waals surface area contributed by atoms with Crippen molar-refractivity contribution in [1.82, 2.24) is 0 Å². The highest BCUT2D eigenvalue weighted by atomic mass is 16.5. The van der Waals surface area contributed by atoms with E-state index in [2.05, 4.69) is 0 Å².